The lowest BCUT2D eigenvalue weighted by Gasteiger charge is -2.22. The predicted octanol–water partition coefficient (Wildman–Crippen LogP) is 2.17. The molecule has 5 nitrogen and oxygen atoms in total. The summed E-state index contributed by atoms with van der Waals surface area (Å²) in [4.78, 5) is 8.54. The number of hydrogen-bond donors (Lipinski definition) is 1. The van der Waals surface area contributed by atoms with Crippen molar-refractivity contribution in [1.82, 2.24) is 15.3 Å². The first-order valence-electron chi connectivity index (χ1n) is 6.77. The monoisotopic (exact) mass is 267 g/mol. The minimum absolute atomic E-state index is 0.169. The molecular formula is C14H25N3O2. The molecule has 0 bridgehead atoms. The van der Waals surface area contributed by atoms with Gasteiger partial charge in [-0.05, 0) is 26.8 Å². The molecule has 0 aliphatic carbocycles. The van der Waals surface area contributed by atoms with Gasteiger partial charge >= 0.3 is 0 Å². The highest BCUT2D eigenvalue weighted by Crippen LogP contribution is 2.13. The molecule has 1 N–H and O–H groups in total. The molecule has 0 radical (unpaired) electrons. The predicted molar refractivity (Wildman–Crippen MR) is 75.2 cm³/mol. The van der Waals surface area contributed by atoms with E-state index in [1.54, 1.807) is 19.5 Å². The Morgan fingerprint density at radius 3 is 2.63 bits per heavy atom. The Bertz CT molecular complexity index is 352. The van der Waals surface area contributed by atoms with E-state index in [0.29, 0.717) is 12.5 Å². The van der Waals surface area contributed by atoms with Crippen LogP contribution in [0.2, 0.25) is 0 Å². The third-order valence-electron chi connectivity index (χ3n) is 2.92. The minimum atomic E-state index is -0.169. The molecule has 0 aromatic carbocycles. The van der Waals surface area contributed by atoms with Gasteiger partial charge in [-0.2, -0.15) is 0 Å². The van der Waals surface area contributed by atoms with Crippen LogP contribution in [0.1, 0.15) is 39.3 Å². The van der Waals surface area contributed by atoms with E-state index in [-0.39, 0.29) is 5.60 Å². The van der Waals surface area contributed by atoms with Crippen LogP contribution in [0.25, 0.3) is 0 Å². The van der Waals surface area contributed by atoms with Crippen LogP contribution in [0.3, 0.4) is 0 Å². The zero-order valence-electron chi connectivity index (χ0n) is 12.4. The van der Waals surface area contributed by atoms with Crippen molar-refractivity contribution >= 4 is 0 Å². The normalized spacial score (nSPS) is 11.6. The van der Waals surface area contributed by atoms with E-state index in [0.717, 1.165) is 31.6 Å². The van der Waals surface area contributed by atoms with Gasteiger partial charge in [-0.25, -0.2) is 4.98 Å². The van der Waals surface area contributed by atoms with Crippen LogP contribution in [0, 0.1) is 0 Å². The molecule has 5 heteroatoms. The molecule has 0 amide bonds. The second-order valence-corrected chi connectivity index (χ2v) is 5.09. The largest absolute Gasteiger partial charge is 0.476 e. The maximum atomic E-state index is 5.55. The third-order valence-corrected chi connectivity index (χ3v) is 2.92. The fraction of sp³-hybridized carbons (Fsp3) is 0.714. The smallest absolute Gasteiger partial charge is 0.232 e. The van der Waals surface area contributed by atoms with Gasteiger partial charge in [0.1, 0.15) is 0 Å². The number of nitrogens with one attached hydrogen (secondary N) is 1. The second-order valence-electron chi connectivity index (χ2n) is 5.09. The lowest BCUT2D eigenvalue weighted by atomic mass is 10.1. The van der Waals surface area contributed by atoms with Crippen LogP contribution in [0.15, 0.2) is 12.4 Å². The van der Waals surface area contributed by atoms with Crippen LogP contribution >= 0.6 is 0 Å². The summed E-state index contributed by atoms with van der Waals surface area (Å²) >= 11 is 0. The summed E-state index contributed by atoms with van der Waals surface area (Å²) < 4.78 is 10.9. The van der Waals surface area contributed by atoms with Gasteiger partial charge in [0, 0.05) is 20.1 Å². The molecule has 19 heavy (non-hydrogen) atoms. The highest BCUT2D eigenvalue weighted by atomic mass is 16.5. The standard InChI is InChI=1S/C14H25N3O2/c1-5-7-15-9-12-10-17-13(11-16-12)19-8-6-14(2,3)18-4/h10-11,15H,5-9H2,1-4H3. The first kappa shape index (κ1) is 15.9. The van der Waals surface area contributed by atoms with E-state index in [4.69, 9.17) is 9.47 Å². The highest BCUT2D eigenvalue weighted by Gasteiger charge is 2.16. The Labute approximate surface area is 115 Å². The molecule has 108 valence electrons. The number of ether oxygens (including phenoxy) is 2. The molecule has 0 unspecified atom stereocenters. The summed E-state index contributed by atoms with van der Waals surface area (Å²) in [6.07, 6.45) is 5.34. The van der Waals surface area contributed by atoms with E-state index in [9.17, 15) is 0 Å². The van der Waals surface area contributed by atoms with Crippen molar-refractivity contribution in [2.75, 3.05) is 20.3 Å². The van der Waals surface area contributed by atoms with Crippen molar-refractivity contribution in [2.45, 2.75) is 45.8 Å². The Kier molecular flexibility index (Phi) is 6.73. The summed E-state index contributed by atoms with van der Waals surface area (Å²) in [5.41, 5.74) is 0.760. The lowest BCUT2D eigenvalue weighted by Crippen LogP contribution is -2.25. The van der Waals surface area contributed by atoms with Gasteiger partial charge in [0.2, 0.25) is 5.88 Å². The minimum Gasteiger partial charge on any atom is -0.476 e. The number of hydrogen-bond acceptors (Lipinski definition) is 5. The maximum absolute atomic E-state index is 5.55. The van der Waals surface area contributed by atoms with Crippen molar-refractivity contribution in [1.29, 1.82) is 0 Å². The molecule has 0 atom stereocenters. The fourth-order valence-corrected chi connectivity index (χ4v) is 1.41. The average Bonchev–Trinajstić information content (AvgIpc) is 2.41. The summed E-state index contributed by atoms with van der Waals surface area (Å²) in [6.45, 7) is 8.51. The zero-order chi connectivity index (χ0) is 14.1. The molecule has 0 spiro atoms. The molecule has 0 aliphatic heterocycles. The zero-order valence-corrected chi connectivity index (χ0v) is 12.4. The van der Waals surface area contributed by atoms with Gasteiger partial charge in [0.05, 0.1) is 30.3 Å². The Morgan fingerprint density at radius 1 is 1.26 bits per heavy atom. The fourth-order valence-electron chi connectivity index (χ4n) is 1.41. The van der Waals surface area contributed by atoms with Crippen molar-refractivity contribution in [2.24, 2.45) is 0 Å². The first-order chi connectivity index (χ1) is 9.07. The maximum Gasteiger partial charge on any atom is 0.232 e. The van der Waals surface area contributed by atoms with Gasteiger partial charge in [0.15, 0.2) is 0 Å². The summed E-state index contributed by atoms with van der Waals surface area (Å²) in [5, 5.41) is 3.28. The van der Waals surface area contributed by atoms with Gasteiger partial charge in [-0.15, -0.1) is 0 Å². The molecule has 0 aliphatic rings. The van der Waals surface area contributed by atoms with E-state index < -0.39 is 0 Å². The third kappa shape index (κ3) is 6.50. The molecule has 0 saturated heterocycles. The number of aromatic nitrogens is 2. The van der Waals surface area contributed by atoms with Crippen LogP contribution in [-0.2, 0) is 11.3 Å². The molecule has 1 heterocycles. The first-order valence-corrected chi connectivity index (χ1v) is 6.77. The molecule has 1 aromatic rings. The molecule has 1 rings (SSSR count). The molecule has 0 fully saturated rings. The van der Waals surface area contributed by atoms with E-state index in [1.807, 2.05) is 13.8 Å². The van der Waals surface area contributed by atoms with Gasteiger partial charge in [0.25, 0.3) is 0 Å². The van der Waals surface area contributed by atoms with Gasteiger partial charge < -0.3 is 14.8 Å². The summed E-state index contributed by atoms with van der Waals surface area (Å²) in [7, 11) is 1.71. The van der Waals surface area contributed by atoms with E-state index >= 15 is 0 Å². The van der Waals surface area contributed by atoms with E-state index in [1.165, 1.54) is 0 Å². The summed E-state index contributed by atoms with van der Waals surface area (Å²) in [5.74, 6) is 0.561. The van der Waals surface area contributed by atoms with E-state index in [2.05, 4.69) is 22.2 Å². The van der Waals surface area contributed by atoms with Crippen LogP contribution in [0.5, 0.6) is 5.88 Å². The molecular weight excluding hydrogens is 242 g/mol. The second kappa shape index (κ2) is 8.07. The highest BCUT2D eigenvalue weighted by molar-refractivity contribution is 5.07. The van der Waals surface area contributed by atoms with Gasteiger partial charge in [-0.1, -0.05) is 6.92 Å². The van der Waals surface area contributed by atoms with Crippen molar-refractivity contribution < 1.29 is 9.47 Å². The Morgan fingerprint density at radius 2 is 2.05 bits per heavy atom. The van der Waals surface area contributed by atoms with Gasteiger partial charge in [-0.3, -0.25) is 4.98 Å². The number of methoxy groups -OCH3 is 1. The number of nitrogens with zero attached hydrogens (tertiary/aromatic N) is 2. The topological polar surface area (TPSA) is 56.3 Å². The Balaban J connectivity index is 2.32. The van der Waals surface area contributed by atoms with Crippen molar-refractivity contribution in [3.8, 4) is 5.88 Å². The quantitative estimate of drug-likeness (QED) is 0.695. The molecule has 1 aromatic heterocycles. The summed E-state index contributed by atoms with van der Waals surface area (Å²) in [6, 6.07) is 0. The lowest BCUT2D eigenvalue weighted by molar-refractivity contribution is 0.00504. The Hall–Kier alpha value is -1.20. The van der Waals surface area contributed by atoms with Crippen LogP contribution in [0.4, 0.5) is 0 Å². The van der Waals surface area contributed by atoms with Crippen molar-refractivity contribution in [3.05, 3.63) is 18.1 Å². The van der Waals surface area contributed by atoms with Crippen molar-refractivity contribution in [3.63, 3.8) is 0 Å². The SMILES string of the molecule is CCCNCc1cnc(OCCC(C)(C)OC)cn1. The number of rotatable bonds is 9. The average molecular weight is 267 g/mol. The molecule has 0 saturated carbocycles. The van der Waals surface area contributed by atoms with Crippen LogP contribution in [-0.4, -0.2) is 35.8 Å². The van der Waals surface area contributed by atoms with Crippen LogP contribution < -0.4 is 10.1 Å².